The van der Waals surface area contributed by atoms with E-state index < -0.39 is 9.84 Å². The highest BCUT2D eigenvalue weighted by molar-refractivity contribution is 7.90. The van der Waals surface area contributed by atoms with Crippen LogP contribution in [0.25, 0.3) is 0 Å². The SMILES string of the molecule is CCNC(c1ccc(S(C)(=O)=O)cc1)C(C)(C)C. The molecule has 0 fully saturated rings. The van der Waals surface area contributed by atoms with Crippen molar-refractivity contribution in [2.24, 2.45) is 5.41 Å². The van der Waals surface area contributed by atoms with Crippen LogP contribution in [-0.4, -0.2) is 21.2 Å². The molecular weight excluding hydrogens is 246 g/mol. The molecule has 4 heteroatoms. The predicted octanol–water partition coefficient (Wildman–Crippen LogP) is 2.79. The third-order valence-electron chi connectivity index (χ3n) is 2.92. The monoisotopic (exact) mass is 269 g/mol. The maximum Gasteiger partial charge on any atom is 0.175 e. The molecule has 3 nitrogen and oxygen atoms in total. The van der Waals surface area contributed by atoms with Gasteiger partial charge in [0.05, 0.1) is 4.90 Å². The lowest BCUT2D eigenvalue weighted by Crippen LogP contribution is -2.32. The molecule has 102 valence electrons. The van der Waals surface area contributed by atoms with Gasteiger partial charge in [-0.3, -0.25) is 0 Å². The number of hydrogen-bond donors (Lipinski definition) is 1. The molecule has 18 heavy (non-hydrogen) atoms. The summed E-state index contributed by atoms with van der Waals surface area (Å²) in [6.45, 7) is 9.47. The Labute approximate surface area is 111 Å². The van der Waals surface area contributed by atoms with E-state index in [9.17, 15) is 8.42 Å². The molecule has 1 aromatic carbocycles. The lowest BCUT2D eigenvalue weighted by Gasteiger charge is -2.32. The molecule has 0 heterocycles. The van der Waals surface area contributed by atoms with Gasteiger partial charge in [-0.15, -0.1) is 0 Å². The molecule has 1 N–H and O–H groups in total. The predicted molar refractivity (Wildman–Crippen MR) is 75.4 cm³/mol. The van der Waals surface area contributed by atoms with Gasteiger partial charge in [0.2, 0.25) is 0 Å². The average molecular weight is 269 g/mol. The zero-order chi connectivity index (χ0) is 14.0. The number of benzene rings is 1. The molecular formula is C14H23NO2S. The lowest BCUT2D eigenvalue weighted by atomic mass is 9.82. The lowest BCUT2D eigenvalue weighted by molar-refractivity contribution is 0.276. The summed E-state index contributed by atoms with van der Waals surface area (Å²) >= 11 is 0. The van der Waals surface area contributed by atoms with E-state index in [1.54, 1.807) is 12.1 Å². The van der Waals surface area contributed by atoms with Gasteiger partial charge >= 0.3 is 0 Å². The van der Waals surface area contributed by atoms with E-state index >= 15 is 0 Å². The second-order valence-electron chi connectivity index (χ2n) is 5.70. The van der Waals surface area contributed by atoms with Crippen LogP contribution in [0.1, 0.15) is 39.3 Å². The van der Waals surface area contributed by atoms with Crippen molar-refractivity contribution in [2.45, 2.75) is 38.6 Å². The molecule has 1 unspecified atom stereocenters. The van der Waals surface area contributed by atoms with E-state index in [1.165, 1.54) is 6.26 Å². The summed E-state index contributed by atoms with van der Waals surface area (Å²) in [4.78, 5) is 0.371. The van der Waals surface area contributed by atoms with E-state index in [0.717, 1.165) is 12.1 Å². The highest BCUT2D eigenvalue weighted by atomic mass is 32.2. The summed E-state index contributed by atoms with van der Waals surface area (Å²) in [6, 6.07) is 7.38. The van der Waals surface area contributed by atoms with Gasteiger partial charge in [0.1, 0.15) is 0 Å². The van der Waals surface area contributed by atoms with Gasteiger partial charge in [0.15, 0.2) is 9.84 Å². The molecule has 0 saturated carbocycles. The van der Waals surface area contributed by atoms with Gasteiger partial charge in [0.25, 0.3) is 0 Å². The molecule has 0 bridgehead atoms. The molecule has 0 aliphatic carbocycles. The third kappa shape index (κ3) is 3.82. The molecule has 1 aromatic rings. The Balaban J connectivity index is 3.09. The summed E-state index contributed by atoms with van der Waals surface area (Å²) in [7, 11) is -3.11. The quantitative estimate of drug-likeness (QED) is 0.914. The molecule has 0 aromatic heterocycles. The number of nitrogens with one attached hydrogen (secondary N) is 1. The fourth-order valence-electron chi connectivity index (χ4n) is 2.04. The van der Waals surface area contributed by atoms with E-state index in [0.29, 0.717) is 4.90 Å². The Hall–Kier alpha value is -0.870. The molecule has 0 radical (unpaired) electrons. The van der Waals surface area contributed by atoms with Gasteiger partial charge < -0.3 is 5.32 Å². The third-order valence-corrected chi connectivity index (χ3v) is 4.04. The highest BCUT2D eigenvalue weighted by Gasteiger charge is 2.25. The average Bonchev–Trinajstić information content (AvgIpc) is 2.23. The van der Waals surface area contributed by atoms with Crippen molar-refractivity contribution in [1.29, 1.82) is 0 Å². The molecule has 0 amide bonds. The summed E-state index contributed by atoms with van der Waals surface area (Å²) < 4.78 is 22.8. The maximum absolute atomic E-state index is 11.4. The van der Waals surface area contributed by atoms with Gasteiger partial charge in [0, 0.05) is 12.3 Å². The maximum atomic E-state index is 11.4. The minimum atomic E-state index is -3.11. The molecule has 0 aliphatic heterocycles. The van der Waals surface area contributed by atoms with Crippen molar-refractivity contribution in [3.8, 4) is 0 Å². The number of sulfone groups is 1. The Morgan fingerprint density at radius 3 is 2.00 bits per heavy atom. The Bertz CT molecular complexity index is 484. The second-order valence-corrected chi connectivity index (χ2v) is 7.71. The first kappa shape index (κ1) is 15.2. The molecule has 1 rings (SSSR count). The van der Waals surface area contributed by atoms with Crippen molar-refractivity contribution < 1.29 is 8.42 Å². The van der Waals surface area contributed by atoms with E-state index in [4.69, 9.17) is 0 Å². The van der Waals surface area contributed by atoms with E-state index in [1.807, 2.05) is 12.1 Å². The zero-order valence-electron chi connectivity index (χ0n) is 11.8. The van der Waals surface area contributed by atoms with Crippen LogP contribution in [0.15, 0.2) is 29.2 Å². The van der Waals surface area contributed by atoms with Gasteiger partial charge in [-0.05, 0) is 29.7 Å². The first-order chi connectivity index (χ1) is 8.16. The van der Waals surface area contributed by atoms with Crippen molar-refractivity contribution in [1.82, 2.24) is 5.32 Å². The Kier molecular flexibility index (Phi) is 4.56. The van der Waals surface area contributed by atoms with Crippen LogP contribution in [0.2, 0.25) is 0 Å². The van der Waals surface area contributed by atoms with Crippen LogP contribution in [0.4, 0.5) is 0 Å². The largest absolute Gasteiger partial charge is 0.310 e. The van der Waals surface area contributed by atoms with Crippen molar-refractivity contribution in [3.05, 3.63) is 29.8 Å². The topological polar surface area (TPSA) is 46.2 Å². The second kappa shape index (κ2) is 5.41. The Morgan fingerprint density at radius 1 is 1.17 bits per heavy atom. The van der Waals surface area contributed by atoms with Crippen LogP contribution in [-0.2, 0) is 9.84 Å². The summed E-state index contributed by atoms with van der Waals surface area (Å²) in [5, 5.41) is 3.45. The minimum Gasteiger partial charge on any atom is -0.310 e. The van der Waals surface area contributed by atoms with Crippen LogP contribution in [0.5, 0.6) is 0 Å². The van der Waals surface area contributed by atoms with Crippen molar-refractivity contribution >= 4 is 9.84 Å². The Morgan fingerprint density at radius 2 is 1.67 bits per heavy atom. The summed E-state index contributed by atoms with van der Waals surface area (Å²) in [5.41, 5.74) is 1.21. The number of rotatable bonds is 4. The summed E-state index contributed by atoms with van der Waals surface area (Å²) in [6.07, 6.45) is 1.23. The van der Waals surface area contributed by atoms with Gasteiger partial charge in [-0.2, -0.15) is 0 Å². The van der Waals surface area contributed by atoms with Crippen LogP contribution in [0, 0.1) is 5.41 Å². The highest BCUT2D eigenvalue weighted by Crippen LogP contribution is 2.32. The van der Waals surface area contributed by atoms with Crippen molar-refractivity contribution in [2.75, 3.05) is 12.8 Å². The normalized spacial score (nSPS) is 14.5. The van der Waals surface area contributed by atoms with Gasteiger partial charge in [-0.1, -0.05) is 39.8 Å². The van der Waals surface area contributed by atoms with Crippen molar-refractivity contribution in [3.63, 3.8) is 0 Å². The van der Waals surface area contributed by atoms with E-state index in [-0.39, 0.29) is 11.5 Å². The van der Waals surface area contributed by atoms with Gasteiger partial charge in [-0.25, -0.2) is 8.42 Å². The number of hydrogen-bond acceptors (Lipinski definition) is 3. The molecule has 0 spiro atoms. The van der Waals surface area contributed by atoms with Crippen LogP contribution >= 0.6 is 0 Å². The minimum absolute atomic E-state index is 0.0859. The molecule has 0 aliphatic rings. The fourth-order valence-corrected chi connectivity index (χ4v) is 2.67. The fraction of sp³-hybridized carbons (Fsp3) is 0.571. The zero-order valence-corrected chi connectivity index (χ0v) is 12.6. The molecule has 0 saturated heterocycles. The standard InChI is InChI=1S/C14H23NO2S/c1-6-15-13(14(2,3)4)11-7-9-12(10-8-11)18(5,16)17/h7-10,13,15H,6H2,1-5H3. The molecule has 1 atom stereocenters. The summed E-state index contributed by atoms with van der Waals surface area (Å²) in [5.74, 6) is 0. The van der Waals surface area contributed by atoms with E-state index in [2.05, 4.69) is 33.0 Å². The first-order valence-electron chi connectivity index (χ1n) is 6.19. The van der Waals surface area contributed by atoms with Crippen LogP contribution < -0.4 is 5.32 Å². The smallest absolute Gasteiger partial charge is 0.175 e. The van der Waals surface area contributed by atoms with Crippen LogP contribution in [0.3, 0.4) is 0 Å². The first-order valence-corrected chi connectivity index (χ1v) is 8.09.